The summed E-state index contributed by atoms with van der Waals surface area (Å²) in [5.41, 5.74) is 1.55. The molecule has 2 aromatic rings. The lowest BCUT2D eigenvalue weighted by molar-refractivity contribution is -0.122. The topological polar surface area (TPSA) is 51.7 Å². The van der Waals surface area contributed by atoms with E-state index in [0.717, 1.165) is 58.2 Å². The molecule has 6 nitrogen and oxygen atoms in total. The Hall–Kier alpha value is -2.44. The fourth-order valence-electron chi connectivity index (χ4n) is 5.55. The quantitative estimate of drug-likeness (QED) is 0.674. The Balaban J connectivity index is 1.04. The van der Waals surface area contributed by atoms with Crippen LogP contribution in [0.3, 0.4) is 0 Å². The molecule has 0 radical (unpaired) electrons. The van der Waals surface area contributed by atoms with Crippen LogP contribution < -0.4 is 10.2 Å². The Morgan fingerprint density at radius 3 is 2.48 bits per heavy atom. The number of hydrogen-bond donors (Lipinski definition) is 1. The molecular weight excluding hydrogens is 410 g/mol. The van der Waals surface area contributed by atoms with Gasteiger partial charge in [0.1, 0.15) is 5.82 Å². The summed E-state index contributed by atoms with van der Waals surface area (Å²) in [6.45, 7) is 8.80. The lowest BCUT2D eigenvalue weighted by Crippen LogP contribution is -2.50. The fraction of sp³-hybridized carbons (Fsp3) is 0.556. The van der Waals surface area contributed by atoms with Gasteiger partial charge in [-0.2, -0.15) is 0 Å². The van der Waals surface area contributed by atoms with E-state index in [2.05, 4.69) is 67.5 Å². The number of likely N-dealkylation sites (tertiary alicyclic amines) is 1. The second kappa shape index (κ2) is 10.2. The highest BCUT2D eigenvalue weighted by Gasteiger charge is 2.44. The SMILES string of the molecule is O=C(CN1CCCC(CN2CCN(c3ccccn3)CC2)C1)NCC1(c2ccccc2)CC1. The summed E-state index contributed by atoms with van der Waals surface area (Å²) in [7, 11) is 0. The molecule has 6 heteroatoms. The van der Waals surface area contributed by atoms with Crippen LogP contribution in [0.1, 0.15) is 31.2 Å². The molecule has 5 rings (SSSR count). The van der Waals surface area contributed by atoms with Crippen molar-refractivity contribution in [3.05, 3.63) is 60.3 Å². The molecule has 1 N–H and O–H groups in total. The van der Waals surface area contributed by atoms with Crippen LogP contribution in [0.4, 0.5) is 5.82 Å². The zero-order chi connectivity index (χ0) is 22.5. The summed E-state index contributed by atoms with van der Waals surface area (Å²) >= 11 is 0. The van der Waals surface area contributed by atoms with Crippen molar-refractivity contribution in [2.75, 3.05) is 63.8 Å². The highest BCUT2D eigenvalue weighted by molar-refractivity contribution is 5.78. The van der Waals surface area contributed by atoms with Crippen LogP contribution >= 0.6 is 0 Å². The van der Waals surface area contributed by atoms with E-state index in [4.69, 9.17) is 0 Å². The van der Waals surface area contributed by atoms with E-state index < -0.39 is 0 Å². The van der Waals surface area contributed by atoms with E-state index in [1.807, 2.05) is 12.3 Å². The standard InChI is InChI=1S/C27H37N5O/c33-26(29-22-27(11-12-27)24-8-2-1-3-9-24)21-31-14-6-7-23(20-31)19-30-15-17-32(18-16-30)25-10-4-5-13-28-25/h1-5,8-10,13,23H,6-7,11-12,14-22H2,(H,29,33). The molecule has 2 saturated heterocycles. The molecule has 1 aromatic heterocycles. The maximum absolute atomic E-state index is 12.7. The first kappa shape index (κ1) is 22.4. The number of amides is 1. The molecule has 1 aromatic carbocycles. The number of nitrogens with one attached hydrogen (secondary N) is 1. The molecular formula is C27H37N5O. The third-order valence-corrected chi connectivity index (χ3v) is 7.70. The minimum atomic E-state index is 0.179. The zero-order valence-electron chi connectivity index (χ0n) is 19.7. The Bertz CT molecular complexity index is 893. The minimum Gasteiger partial charge on any atom is -0.354 e. The number of benzene rings is 1. The molecule has 1 amide bonds. The highest BCUT2D eigenvalue weighted by atomic mass is 16.2. The fourth-order valence-corrected chi connectivity index (χ4v) is 5.55. The summed E-state index contributed by atoms with van der Waals surface area (Å²) in [6, 6.07) is 16.8. The van der Waals surface area contributed by atoms with Gasteiger partial charge in [-0.05, 0) is 55.8 Å². The van der Waals surface area contributed by atoms with Gasteiger partial charge < -0.3 is 10.2 Å². The molecule has 3 aliphatic rings. The average molecular weight is 448 g/mol. The van der Waals surface area contributed by atoms with Crippen molar-refractivity contribution >= 4 is 11.7 Å². The molecule has 3 fully saturated rings. The second-order valence-corrected chi connectivity index (χ2v) is 10.1. The highest BCUT2D eigenvalue weighted by Crippen LogP contribution is 2.47. The predicted octanol–water partition coefficient (Wildman–Crippen LogP) is 2.76. The third-order valence-electron chi connectivity index (χ3n) is 7.70. The van der Waals surface area contributed by atoms with Crippen LogP contribution in [0.5, 0.6) is 0 Å². The van der Waals surface area contributed by atoms with E-state index in [0.29, 0.717) is 12.5 Å². The van der Waals surface area contributed by atoms with Gasteiger partial charge in [0.05, 0.1) is 6.54 Å². The first-order chi connectivity index (χ1) is 16.2. The lowest BCUT2D eigenvalue weighted by atomic mass is 9.96. The van der Waals surface area contributed by atoms with Crippen molar-refractivity contribution in [2.45, 2.75) is 31.1 Å². The summed E-state index contributed by atoms with van der Waals surface area (Å²) in [5.74, 6) is 1.93. The maximum atomic E-state index is 12.7. The average Bonchev–Trinajstić information content (AvgIpc) is 3.66. The van der Waals surface area contributed by atoms with E-state index in [1.165, 1.54) is 31.2 Å². The molecule has 1 saturated carbocycles. The van der Waals surface area contributed by atoms with Gasteiger partial charge in [0.25, 0.3) is 0 Å². The van der Waals surface area contributed by atoms with Gasteiger partial charge in [-0.3, -0.25) is 14.6 Å². The van der Waals surface area contributed by atoms with Gasteiger partial charge in [-0.1, -0.05) is 36.4 Å². The molecule has 1 atom stereocenters. The maximum Gasteiger partial charge on any atom is 0.234 e. The molecule has 0 spiro atoms. The van der Waals surface area contributed by atoms with Crippen LogP contribution in [-0.4, -0.2) is 79.6 Å². The van der Waals surface area contributed by atoms with Gasteiger partial charge in [-0.15, -0.1) is 0 Å². The molecule has 2 aliphatic heterocycles. The summed E-state index contributed by atoms with van der Waals surface area (Å²) < 4.78 is 0. The Morgan fingerprint density at radius 1 is 0.970 bits per heavy atom. The molecule has 1 unspecified atom stereocenters. The summed E-state index contributed by atoms with van der Waals surface area (Å²) in [4.78, 5) is 24.6. The molecule has 1 aliphatic carbocycles. The lowest BCUT2D eigenvalue weighted by Gasteiger charge is -2.39. The van der Waals surface area contributed by atoms with Crippen LogP contribution in [0.2, 0.25) is 0 Å². The molecule has 0 bridgehead atoms. The first-order valence-electron chi connectivity index (χ1n) is 12.6. The number of carbonyl (C=O) groups excluding carboxylic acids is 1. The Morgan fingerprint density at radius 2 is 1.76 bits per heavy atom. The van der Waals surface area contributed by atoms with Crippen LogP contribution in [0.15, 0.2) is 54.7 Å². The number of carbonyl (C=O) groups is 1. The monoisotopic (exact) mass is 447 g/mol. The number of rotatable bonds is 8. The van der Waals surface area contributed by atoms with Gasteiger partial charge in [0, 0.05) is 57.4 Å². The van der Waals surface area contributed by atoms with E-state index in [9.17, 15) is 4.79 Å². The second-order valence-electron chi connectivity index (χ2n) is 10.1. The number of piperidine rings is 1. The van der Waals surface area contributed by atoms with Crippen molar-refractivity contribution in [1.82, 2.24) is 20.1 Å². The first-order valence-corrected chi connectivity index (χ1v) is 12.6. The number of pyridine rings is 1. The number of nitrogens with zero attached hydrogens (tertiary/aromatic N) is 4. The smallest absolute Gasteiger partial charge is 0.234 e. The van der Waals surface area contributed by atoms with E-state index >= 15 is 0 Å². The Kier molecular flexibility index (Phi) is 6.93. The van der Waals surface area contributed by atoms with Crippen LogP contribution in [0.25, 0.3) is 0 Å². The van der Waals surface area contributed by atoms with Gasteiger partial charge in [-0.25, -0.2) is 4.98 Å². The molecule has 3 heterocycles. The van der Waals surface area contributed by atoms with Crippen molar-refractivity contribution in [1.29, 1.82) is 0 Å². The van der Waals surface area contributed by atoms with Crippen molar-refractivity contribution < 1.29 is 4.79 Å². The molecule has 176 valence electrons. The van der Waals surface area contributed by atoms with Crippen molar-refractivity contribution in [3.8, 4) is 0 Å². The predicted molar refractivity (Wildman–Crippen MR) is 132 cm³/mol. The van der Waals surface area contributed by atoms with E-state index in [-0.39, 0.29) is 11.3 Å². The Labute approximate surface area is 198 Å². The largest absolute Gasteiger partial charge is 0.354 e. The number of hydrogen-bond acceptors (Lipinski definition) is 5. The van der Waals surface area contributed by atoms with Crippen LogP contribution in [-0.2, 0) is 10.2 Å². The molecule has 33 heavy (non-hydrogen) atoms. The summed E-state index contributed by atoms with van der Waals surface area (Å²) in [5, 5.41) is 3.25. The van der Waals surface area contributed by atoms with Crippen molar-refractivity contribution in [3.63, 3.8) is 0 Å². The number of aromatic nitrogens is 1. The van der Waals surface area contributed by atoms with Gasteiger partial charge in [0.2, 0.25) is 5.91 Å². The van der Waals surface area contributed by atoms with Gasteiger partial charge in [0.15, 0.2) is 0 Å². The third kappa shape index (κ3) is 5.74. The van der Waals surface area contributed by atoms with Crippen molar-refractivity contribution in [2.24, 2.45) is 5.92 Å². The van der Waals surface area contributed by atoms with E-state index in [1.54, 1.807) is 0 Å². The van der Waals surface area contributed by atoms with Crippen LogP contribution in [0, 0.1) is 5.92 Å². The summed E-state index contributed by atoms with van der Waals surface area (Å²) in [6.07, 6.45) is 6.70. The minimum absolute atomic E-state index is 0.179. The van der Waals surface area contributed by atoms with Gasteiger partial charge >= 0.3 is 0 Å². The zero-order valence-corrected chi connectivity index (χ0v) is 19.7. The normalized spacial score (nSPS) is 23.3. The number of anilines is 1. The number of piperazine rings is 1.